The Morgan fingerprint density at radius 3 is 1.44 bits per heavy atom. The van der Waals surface area contributed by atoms with Crippen LogP contribution in [0.4, 0.5) is 11.4 Å². The van der Waals surface area contributed by atoms with E-state index in [0.29, 0.717) is 23.9 Å². The molecule has 0 aliphatic carbocycles. The van der Waals surface area contributed by atoms with E-state index in [1.54, 1.807) is 48.5 Å². The molecule has 0 bridgehead atoms. The molecule has 2 heterocycles. The van der Waals surface area contributed by atoms with Gasteiger partial charge in [0.05, 0.1) is 33.6 Å². The number of para-hydroxylation sites is 2. The summed E-state index contributed by atoms with van der Waals surface area (Å²) in [5.41, 5.74) is -1.53. The Labute approximate surface area is 180 Å². The van der Waals surface area contributed by atoms with Crippen LogP contribution in [0.1, 0.15) is 12.8 Å². The number of aromatic nitrogens is 2. The normalized spacial score (nSPS) is 10.8. The van der Waals surface area contributed by atoms with Gasteiger partial charge in [0.1, 0.15) is 0 Å². The molecule has 0 atom stereocenters. The van der Waals surface area contributed by atoms with Crippen molar-refractivity contribution in [2.75, 3.05) is 0 Å². The second-order valence-corrected chi connectivity index (χ2v) is 7.21. The molecule has 10 nitrogen and oxygen atoms in total. The average molecular weight is 428 g/mol. The maximum absolute atomic E-state index is 12.6. The highest BCUT2D eigenvalue weighted by molar-refractivity contribution is 5.85. The molecule has 0 amide bonds. The molecule has 32 heavy (non-hydrogen) atoms. The first kappa shape index (κ1) is 20.6. The van der Waals surface area contributed by atoms with E-state index in [1.807, 2.05) is 0 Å². The van der Waals surface area contributed by atoms with Crippen LogP contribution in [0, 0.1) is 10.8 Å². The van der Waals surface area contributed by atoms with Gasteiger partial charge in [0.2, 0.25) is 10.8 Å². The highest BCUT2D eigenvalue weighted by Crippen LogP contribution is 2.27. The second-order valence-electron chi connectivity index (χ2n) is 7.21. The first-order valence-corrected chi connectivity index (χ1v) is 9.85. The van der Waals surface area contributed by atoms with Gasteiger partial charge in [0, 0.05) is 13.1 Å². The number of hydrogen-bond acceptors (Lipinski definition) is 6. The number of aryl methyl sites for hydroxylation is 2. The van der Waals surface area contributed by atoms with Crippen LogP contribution in [-0.2, 0) is 13.1 Å². The van der Waals surface area contributed by atoms with Crippen LogP contribution in [0.3, 0.4) is 0 Å². The molecule has 158 valence electrons. The molecule has 0 radical (unpaired) electrons. The van der Waals surface area contributed by atoms with Crippen LogP contribution in [0.2, 0.25) is 0 Å². The van der Waals surface area contributed by atoms with E-state index in [2.05, 4.69) is 9.95 Å². The molecule has 0 unspecified atom stereocenters. The highest BCUT2D eigenvalue weighted by atomic mass is 16.3. The fraction of sp³-hybridized carbons (Fsp3) is 0.182. The molecule has 0 N–H and O–H groups in total. The molecule has 4 aromatic rings. The van der Waals surface area contributed by atoms with Crippen molar-refractivity contribution in [3.63, 3.8) is 0 Å². The molecule has 0 saturated carbocycles. The lowest BCUT2D eigenvalue weighted by atomic mass is 10.1. The summed E-state index contributed by atoms with van der Waals surface area (Å²) < 4.78 is 2.73. The van der Waals surface area contributed by atoms with Gasteiger partial charge in [0.15, 0.2) is 9.95 Å². The third-order valence-corrected chi connectivity index (χ3v) is 5.42. The quantitative estimate of drug-likeness (QED) is 0.353. The number of pyridine rings is 2. The van der Waals surface area contributed by atoms with Crippen molar-refractivity contribution in [3.05, 3.63) is 78.9 Å². The zero-order valence-corrected chi connectivity index (χ0v) is 16.8. The maximum atomic E-state index is 12.6. The van der Waals surface area contributed by atoms with Crippen molar-refractivity contribution in [1.29, 1.82) is 10.8 Å². The predicted molar refractivity (Wildman–Crippen MR) is 114 cm³/mol. The Morgan fingerprint density at radius 2 is 1.06 bits per heavy atom. The standard InChI is InChI=1S/C22H16N6O4/c23-25-17-19(29)13-7-1-3-9-15(13)27(21(17)31)11-5-6-12-28-16-10-4-2-8-14(16)20(30)18(26-24)22(28)32/h1-4,7-10H,5-6,11-12H2. The molecule has 0 saturated heterocycles. The summed E-state index contributed by atoms with van der Waals surface area (Å²) in [6.07, 6.45) is 0.886. The Morgan fingerprint density at radius 1 is 0.688 bits per heavy atom. The Kier molecular flexibility index (Phi) is 5.27. The van der Waals surface area contributed by atoms with Crippen LogP contribution in [0.5, 0.6) is 11.8 Å². The Hall–Kier alpha value is -4.70. The molecule has 0 aliphatic heterocycles. The number of fused-ring (bicyclic) bond motifs is 2. The predicted octanol–water partition coefficient (Wildman–Crippen LogP) is 2.91. The fourth-order valence-electron chi connectivity index (χ4n) is 3.89. The van der Waals surface area contributed by atoms with E-state index in [-0.39, 0.29) is 23.9 Å². The topological polar surface area (TPSA) is 146 Å². The minimum Gasteiger partial charge on any atom is -0.854 e. The van der Waals surface area contributed by atoms with Crippen LogP contribution in [0.15, 0.2) is 58.1 Å². The van der Waals surface area contributed by atoms with Gasteiger partial charge in [-0.3, -0.25) is 9.59 Å². The van der Waals surface area contributed by atoms with Gasteiger partial charge in [0.25, 0.3) is 10.9 Å². The minimum atomic E-state index is -0.698. The molecule has 2 aromatic heterocycles. The highest BCUT2D eigenvalue weighted by Gasteiger charge is 2.21. The lowest BCUT2D eigenvalue weighted by Crippen LogP contribution is -2.17. The van der Waals surface area contributed by atoms with E-state index >= 15 is 0 Å². The molecule has 0 aliphatic rings. The van der Waals surface area contributed by atoms with Gasteiger partial charge < -0.3 is 19.3 Å². The monoisotopic (exact) mass is 428 g/mol. The number of hydrogen-bond donors (Lipinski definition) is 0. The lowest BCUT2D eigenvalue weighted by Gasteiger charge is -2.20. The van der Waals surface area contributed by atoms with E-state index in [4.69, 9.17) is 10.8 Å². The van der Waals surface area contributed by atoms with E-state index in [9.17, 15) is 19.8 Å². The van der Waals surface area contributed by atoms with Crippen LogP contribution >= 0.6 is 0 Å². The maximum Gasteiger partial charge on any atom is 0.440 e. The number of benzene rings is 2. The Bertz CT molecular complexity index is 1450. The van der Waals surface area contributed by atoms with Crippen molar-refractivity contribution >= 4 is 33.2 Å². The van der Waals surface area contributed by atoms with Crippen molar-refractivity contribution < 1.29 is 10.2 Å². The van der Waals surface area contributed by atoms with Gasteiger partial charge >= 0.3 is 11.4 Å². The van der Waals surface area contributed by atoms with Crippen molar-refractivity contribution in [2.24, 2.45) is 0 Å². The van der Waals surface area contributed by atoms with Crippen molar-refractivity contribution in [1.82, 2.24) is 9.13 Å². The second kappa shape index (κ2) is 8.20. The van der Waals surface area contributed by atoms with E-state index in [0.717, 1.165) is 0 Å². The molecule has 0 spiro atoms. The summed E-state index contributed by atoms with van der Waals surface area (Å²) in [6, 6.07) is 13.1. The summed E-state index contributed by atoms with van der Waals surface area (Å²) in [5.74, 6) is -1.40. The zero-order valence-electron chi connectivity index (χ0n) is 16.8. The molecular weight excluding hydrogens is 412 g/mol. The van der Waals surface area contributed by atoms with Crippen molar-refractivity contribution in [3.8, 4) is 11.8 Å². The number of nitrogens with zero attached hydrogens (tertiary/aromatic N) is 6. The molecule has 10 heteroatoms. The summed E-state index contributed by atoms with van der Waals surface area (Å²) in [5, 5.41) is 44.0. The fourth-order valence-corrected chi connectivity index (χ4v) is 3.89. The number of diazo groups is 2. The molecule has 2 aromatic carbocycles. The summed E-state index contributed by atoms with van der Waals surface area (Å²) in [4.78, 5) is 30.4. The molecule has 4 rings (SSSR count). The molecular formula is C22H16N6O4. The molecule has 0 fully saturated rings. The first-order valence-electron chi connectivity index (χ1n) is 9.85. The largest absolute Gasteiger partial charge is 0.854 e. The third kappa shape index (κ3) is 3.20. The SMILES string of the molecule is N#[N+]c1c([O-])n(CCCCn2c([O-])c([N+]#N)c(=O)c3ccccc32)c2ccccc2c1=O. The average Bonchev–Trinajstić information content (AvgIpc) is 2.81. The van der Waals surface area contributed by atoms with Gasteiger partial charge in [-0.2, -0.15) is 0 Å². The van der Waals surface area contributed by atoms with Crippen LogP contribution < -0.4 is 21.1 Å². The van der Waals surface area contributed by atoms with Gasteiger partial charge in [-0.1, -0.05) is 24.3 Å². The number of rotatable bonds is 5. The van der Waals surface area contributed by atoms with Gasteiger partial charge in [-0.05, 0) is 37.1 Å². The van der Waals surface area contributed by atoms with E-state index < -0.39 is 34.0 Å². The first-order chi connectivity index (χ1) is 15.5. The van der Waals surface area contributed by atoms with E-state index in [1.165, 1.54) is 9.13 Å². The number of unbranched alkanes of at least 4 members (excludes halogenated alkanes) is 1. The summed E-state index contributed by atoms with van der Waals surface area (Å²) >= 11 is 0. The van der Waals surface area contributed by atoms with Crippen LogP contribution in [-0.4, -0.2) is 9.13 Å². The zero-order chi connectivity index (χ0) is 22.8. The van der Waals surface area contributed by atoms with Crippen molar-refractivity contribution in [2.45, 2.75) is 25.9 Å². The smallest absolute Gasteiger partial charge is 0.440 e. The van der Waals surface area contributed by atoms with Gasteiger partial charge in [-0.25, -0.2) is 0 Å². The third-order valence-electron chi connectivity index (χ3n) is 5.42. The minimum absolute atomic E-state index is 0.214. The lowest BCUT2D eigenvalue weighted by molar-refractivity contribution is -0.278. The summed E-state index contributed by atoms with van der Waals surface area (Å²) in [6.45, 7) is 0.428. The van der Waals surface area contributed by atoms with Gasteiger partial charge in [-0.15, -0.1) is 0 Å². The summed E-state index contributed by atoms with van der Waals surface area (Å²) in [7, 11) is 0. The Balaban J connectivity index is 1.65. The van der Waals surface area contributed by atoms with Crippen LogP contribution in [0.25, 0.3) is 31.8 Å².